The van der Waals surface area contributed by atoms with Gasteiger partial charge in [0.25, 0.3) is 0 Å². The summed E-state index contributed by atoms with van der Waals surface area (Å²) in [5.74, 6) is 0.684. The average Bonchev–Trinajstić information content (AvgIpc) is 2.48. The summed E-state index contributed by atoms with van der Waals surface area (Å²) in [6.07, 6.45) is 2.20. The minimum atomic E-state index is 0.243. The molecule has 1 nitrogen and oxygen atoms in total. The Morgan fingerprint density at radius 3 is 2.14 bits per heavy atom. The van der Waals surface area contributed by atoms with Crippen molar-refractivity contribution in [1.29, 1.82) is 0 Å². The Morgan fingerprint density at radius 2 is 1.71 bits per heavy atom. The average molecular weight is 193 g/mol. The van der Waals surface area contributed by atoms with Crippen LogP contribution in [-0.2, 0) is 5.41 Å². The summed E-state index contributed by atoms with van der Waals surface area (Å²) in [6.45, 7) is 13.7. The van der Waals surface area contributed by atoms with Crippen molar-refractivity contribution >= 4 is 0 Å². The number of rotatable bonds is 2. The van der Waals surface area contributed by atoms with Crippen LogP contribution < -0.4 is 0 Å². The Morgan fingerprint density at radius 1 is 1.14 bits per heavy atom. The molecule has 1 rings (SSSR count). The lowest BCUT2D eigenvalue weighted by Crippen LogP contribution is -2.21. The van der Waals surface area contributed by atoms with E-state index in [-0.39, 0.29) is 5.41 Å². The van der Waals surface area contributed by atoms with Crippen molar-refractivity contribution in [3.63, 3.8) is 0 Å². The molecule has 0 aromatic carbocycles. The zero-order valence-corrected chi connectivity index (χ0v) is 10.3. The van der Waals surface area contributed by atoms with Crippen molar-refractivity contribution in [2.75, 3.05) is 0 Å². The fraction of sp³-hybridized carbons (Fsp3) is 0.692. The van der Waals surface area contributed by atoms with Crippen molar-refractivity contribution < 1.29 is 0 Å². The van der Waals surface area contributed by atoms with Gasteiger partial charge in [-0.25, -0.2) is 0 Å². The fourth-order valence-electron chi connectivity index (χ4n) is 1.71. The standard InChI is InChI=1S/C13H23N/c1-10(2)11(3)14-9-7-8-12(14)13(4,5)6/h7-11H,1-6H3/t11-/m0/s1. The highest BCUT2D eigenvalue weighted by Gasteiger charge is 2.20. The van der Waals surface area contributed by atoms with Crippen LogP contribution in [0.4, 0.5) is 0 Å². The van der Waals surface area contributed by atoms with E-state index in [0.717, 1.165) is 0 Å². The smallest absolute Gasteiger partial charge is 0.0328 e. The van der Waals surface area contributed by atoms with Gasteiger partial charge in [-0.3, -0.25) is 0 Å². The van der Waals surface area contributed by atoms with E-state index in [4.69, 9.17) is 0 Å². The molecular weight excluding hydrogens is 170 g/mol. The second kappa shape index (κ2) is 3.80. The summed E-state index contributed by atoms with van der Waals surface area (Å²) < 4.78 is 2.41. The maximum Gasteiger partial charge on any atom is 0.0328 e. The van der Waals surface area contributed by atoms with Crippen LogP contribution in [0.25, 0.3) is 0 Å². The summed E-state index contributed by atoms with van der Waals surface area (Å²) in [5.41, 5.74) is 1.67. The molecule has 1 heteroatoms. The van der Waals surface area contributed by atoms with Gasteiger partial charge in [0.2, 0.25) is 0 Å². The van der Waals surface area contributed by atoms with Gasteiger partial charge in [-0.05, 0) is 25.0 Å². The molecule has 1 aromatic rings. The van der Waals surface area contributed by atoms with Gasteiger partial charge in [-0.15, -0.1) is 0 Å². The van der Waals surface area contributed by atoms with Crippen LogP contribution in [-0.4, -0.2) is 4.57 Å². The largest absolute Gasteiger partial charge is 0.348 e. The molecule has 14 heavy (non-hydrogen) atoms. The lowest BCUT2D eigenvalue weighted by molar-refractivity contribution is 0.377. The van der Waals surface area contributed by atoms with Crippen LogP contribution in [0.3, 0.4) is 0 Å². The molecule has 0 bridgehead atoms. The van der Waals surface area contributed by atoms with Gasteiger partial charge in [0.05, 0.1) is 0 Å². The van der Waals surface area contributed by atoms with E-state index in [1.807, 2.05) is 0 Å². The Bertz CT molecular complexity index is 288. The van der Waals surface area contributed by atoms with E-state index >= 15 is 0 Å². The first-order valence-electron chi connectivity index (χ1n) is 5.51. The molecule has 0 fully saturated rings. The Hall–Kier alpha value is -0.720. The van der Waals surface area contributed by atoms with Gasteiger partial charge in [-0.2, -0.15) is 0 Å². The van der Waals surface area contributed by atoms with Crippen LogP contribution in [0.1, 0.15) is 53.3 Å². The third kappa shape index (κ3) is 2.20. The third-order valence-electron chi connectivity index (χ3n) is 2.95. The SMILES string of the molecule is CC(C)[C@H](C)n1cccc1C(C)(C)C. The van der Waals surface area contributed by atoms with Crippen LogP contribution in [0.15, 0.2) is 18.3 Å². The third-order valence-corrected chi connectivity index (χ3v) is 2.95. The summed E-state index contributed by atoms with van der Waals surface area (Å²) in [7, 11) is 0. The van der Waals surface area contributed by atoms with E-state index in [0.29, 0.717) is 12.0 Å². The maximum atomic E-state index is 2.41. The summed E-state index contributed by atoms with van der Waals surface area (Å²) in [6, 6.07) is 4.97. The highest BCUT2D eigenvalue weighted by molar-refractivity contribution is 5.17. The molecule has 0 aliphatic rings. The minimum absolute atomic E-state index is 0.243. The van der Waals surface area contributed by atoms with Gasteiger partial charge in [0, 0.05) is 23.3 Å². The molecule has 0 unspecified atom stereocenters. The maximum absolute atomic E-state index is 2.41. The normalized spacial score (nSPS) is 14.8. The first kappa shape index (κ1) is 11.4. The van der Waals surface area contributed by atoms with E-state index in [2.05, 4.69) is 64.4 Å². The molecule has 1 aromatic heterocycles. The molecule has 0 radical (unpaired) electrons. The van der Waals surface area contributed by atoms with Crippen molar-refractivity contribution in [3.8, 4) is 0 Å². The molecule has 0 aliphatic carbocycles. The van der Waals surface area contributed by atoms with Crippen molar-refractivity contribution in [1.82, 2.24) is 4.57 Å². The van der Waals surface area contributed by atoms with Gasteiger partial charge < -0.3 is 4.57 Å². The molecule has 80 valence electrons. The molecular formula is C13H23N. The summed E-state index contributed by atoms with van der Waals surface area (Å²) in [5, 5.41) is 0. The van der Waals surface area contributed by atoms with E-state index < -0.39 is 0 Å². The van der Waals surface area contributed by atoms with Crippen LogP contribution in [0.5, 0.6) is 0 Å². The van der Waals surface area contributed by atoms with Crippen molar-refractivity contribution in [2.24, 2.45) is 5.92 Å². The zero-order valence-electron chi connectivity index (χ0n) is 10.3. The second-order valence-electron chi connectivity index (χ2n) is 5.54. The lowest BCUT2D eigenvalue weighted by Gasteiger charge is -2.27. The molecule has 1 atom stereocenters. The quantitative estimate of drug-likeness (QED) is 0.669. The highest BCUT2D eigenvalue weighted by atomic mass is 15.0. The second-order valence-corrected chi connectivity index (χ2v) is 5.54. The molecule has 0 aliphatic heterocycles. The molecule has 0 spiro atoms. The van der Waals surface area contributed by atoms with Gasteiger partial charge in [0.15, 0.2) is 0 Å². The predicted octanol–water partition coefficient (Wildman–Crippen LogP) is 4.00. The van der Waals surface area contributed by atoms with Crippen LogP contribution >= 0.6 is 0 Å². The van der Waals surface area contributed by atoms with Gasteiger partial charge in [0.1, 0.15) is 0 Å². The topological polar surface area (TPSA) is 4.93 Å². The Balaban J connectivity index is 3.05. The number of hydrogen-bond donors (Lipinski definition) is 0. The minimum Gasteiger partial charge on any atom is -0.348 e. The number of hydrogen-bond acceptors (Lipinski definition) is 0. The van der Waals surface area contributed by atoms with Gasteiger partial charge in [-0.1, -0.05) is 34.6 Å². The highest BCUT2D eigenvalue weighted by Crippen LogP contribution is 2.28. The zero-order chi connectivity index (χ0) is 10.9. The molecule has 1 heterocycles. The first-order chi connectivity index (χ1) is 6.34. The lowest BCUT2D eigenvalue weighted by atomic mass is 9.91. The summed E-state index contributed by atoms with van der Waals surface area (Å²) in [4.78, 5) is 0. The van der Waals surface area contributed by atoms with Crippen LogP contribution in [0, 0.1) is 5.92 Å². The molecule has 0 amide bonds. The molecule has 0 saturated heterocycles. The number of aromatic nitrogens is 1. The Labute approximate surface area is 88.1 Å². The summed E-state index contributed by atoms with van der Waals surface area (Å²) >= 11 is 0. The van der Waals surface area contributed by atoms with E-state index in [1.54, 1.807) is 0 Å². The van der Waals surface area contributed by atoms with Gasteiger partial charge >= 0.3 is 0 Å². The van der Waals surface area contributed by atoms with E-state index in [1.165, 1.54) is 5.69 Å². The van der Waals surface area contributed by atoms with Crippen molar-refractivity contribution in [2.45, 2.75) is 53.0 Å². The molecule has 0 N–H and O–H groups in total. The Kier molecular flexibility index (Phi) is 3.08. The first-order valence-corrected chi connectivity index (χ1v) is 5.51. The predicted molar refractivity (Wildman–Crippen MR) is 62.7 cm³/mol. The van der Waals surface area contributed by atoms with Crippen molar-refractivity contribution in [3.05, 3.63) is 24.0 Å². The van der Waals surface area contributed by atoms with E-state index in [9.17, 15) is 0 Å². The monoisotopic (exact) mass is 193 g/mol. The fourth-order valence-corrected chi connectivity index (χ4v) is 1.71. The van der Waals surface area contributed by atoms with Crippen LogP contribution in [0.2, 0.25) is 0 Å². The number of nitrogens with zero attached hydrogens (tertiary/aromatic N) is 1. The molecule has 0 saturated carbocycles.